The normalized spacial score (nSPS) is 13.4. The lowest BCUT2D eigenvalue weighted by atomic mass is 10.0. The van der Waals surface area contributed by atoms with Gasteiger partial charge in [0, 0.05) is 19.4 Å². The van der Waals surface area contributed by atoms with Crippen LogP contribution in [-0.4, -0.2) is 49.3 Å². The van der Waals surface area contributed by atoms with Crippen LogP contribution >= 0.6 is 7.82 Å². The Morgan fingerprint density at radius 3 is 1.00 bits per heavy atom. The molecule has 0 amide bonds. The molecule has 0 saturated carbocycles. The summed E-state index contributed by atoms with van der Waals surface area (Å²) >= 11 is 0. The number of phosphoric ester groups is 1. The zero-order valence-electron chi connectivity index (χ0n) is 53.7. The Hall–Kier alpha value is -2.55. The van der Waals surface area contributed by atoms with Gasteiger partial charge in [0.1, 0.15) is 6.61 Å². The molecule has 3 N–H and O–H groups in total. The van der Waals surface area contributed by atoms with E-state index in [1.165, 1.54) is 225 Å². The van der Waals surface area contributed by atoms with E-state index < -0.39 is 26.5 Å². The molecular weight excluding hydrogens is 1040 g/mol. The fourth-order valence-electron chi connectivity index (χ4n) is 10.2. The predicted octanol–water partition coefficient (Wildman–Crippen LogP) is 22.8. The molecule has 0 spiro atoms. The van der Waals surface area contributed by atoms with Crippen molar-refractivity contribution in [2.45, 2.75) is 347 Å². The molecule has 0 rings (SSSR count). The first-order valence-corrected chi connectivity index (χ1v) is 36.4. The van der Waals surface area contributed by atoms with Gasteiger partial charge in [-0.2, -0.15) is 0 Å². The third-order valence-electron chi connectivity index (χ3n) is 15.4. The van der Waals surface area contributed by atoms with Gasteiger partial charge in [-0.15, -0.1) is 0 Å². The van der Waals surface area contributed by atoms with Crippen molar-refractivity contribution >= 4 is 19.8 Å². The van der Waals surface area contributed by atoms with Crippen molar-refractivity contribution in [2.24, 2.45) is 5.73 Å². The summed E-state index contributed by atoms with van der Waals surface area (Å²) in [6, 6.07) is 0. The summed E-state index contributed by atoms with van der Waals surface area (Å²) in [5, 5.41) is 0. The van der Waals surface area contributed by atoms with Gasteiger partial charge in [-0.3, -0.25) is 18.6 Å². The second-order valence-electron chi connectivity index (χ2n) is 23.4. The average molecular weight is 1170 g/mol. The number of esters is 2. The smallest absolute Gasteiger partial charge is 0.462 e. The second-order valence-corrected chi connectivity index (χ2v) is 24.8. The monoisotopic (exact) mass is 1170 g/mol. The van der Waals surface area contributed by atoms with Gasteiger partial charge in [-0.1, -0.05) is 337 Å². The van der Waals surface area contributed by atoms with Gasteiger partial charge in [0.15, 0.2) is 6.10 Å². The summed E-state index contributed by atoms with van der Waals surface area (Å²) < 4.78 is 33.2. The van der Waals surface area contributed by atoms with Crippen LogP contribution in [0.2, 0.25) is 0 Å². The summed E-state index contributed by atoms with van der Waals surface area (Å²) in [5.74, 6) is -0.820. The molecule has 0 radical (unpaired) electrons. The molecule has 478 valence electrons. The van der Waals surface area contributed by atoms with Crippen LogP contribution in [-0.2, 0) is 32.7 Å². The Balaban J connectivity index is 3.86. The molecule has 10 heteroatoms. The molecule has 0 aliphatic carbocycles. The number of phosphoric acid groups is 1. The van der Waals surface area contributed by atoms with Crippen molar-refractivity contribution in [1.82, 2.24) is 0 Å². The molecule has 2 unspecified atom stereocenters. The van der Waals surface area contributed by atoms with E-state index in [4.69, 9.17) is 24.3 Å². The zero-order chi connectivity index (χ0) is 59.4. The Morgan fingerprint density at radius 2 is 0.671 bits per heavy atom. The van der Waals surface area contributed by atoms with Crippen molar-refractivity contribution in [2.75, 3.05) is 26.4 Å². The van der Waals surface area contributed by atoms with Crippen LogP contribution in [0, 0.1) is 0 Å². The van der Waals surface area contributed by atoms with Gasteiger partial charge < -0.3 is 20.1 Å². The highest BCUT2D eigenvalue weighted by Gasteiger charge is 2.26. The molecule has 0 fully saturated rings. The number of carbonyl (C=O) groups is 2. The number of carbonyl (C=O) groups excluding carboxylic acids is 2. The van der Waals surface area contributed by atoms with Gasteiger partial charge >= 0.3 is 19.8 Å². The van der Waals surface area contributed by atoms with Crippen molar-refractivity contribution in [3.63, 3.8) is 0 Å². The van der Waals surface area contributed by atoms with Gasteiger partial charge in [-0.05, 0) is 64.2 Å². The molecule has 0 aromatic carbocycles. The molecular formula is C72H132NO8P. The molecule has 0 aliphatic rings. The Bertz CT molecular complexity index is 1570. The van der Waals surface area contributed by atoms with Crippen LogP contribution in [0.5, 0.6) is 0 Å². The van der Waals surface area contributed by atoms with Gasteiger partial charge in [0.05, 0.1) is 13.2 Å². The lowest BCUT2D eigenvalue weighted by Crippen LogP contribution is -2.29. The van der Waals surface area contributed by atoms with E-state index in [1.807, 2.05) is 0 Å². The fourth-order valence-corrected chi connectivity index (χ4v) is 11.0. The van der Waals surface area contributed by atoms with E-state index in [1.54, 1.807) is 0 Å². The maximum Gasteiger partial charge on any atom is 0.472 e. The molecule has 0 aromatic rings. The molecule has 9 nitrogen and oxygen atoms in total. The van der Waals surface area contributed by atoms with Crippen molar-refractivity contribution < 1.29 is 37.6 Å². The van der Waals surface area contributed by atoms with E-state index in [2.05, 4.69) is 86.8 Å². The van der Waals surface area contributed by atoms with Gasteiger partial charge in [0.25, 0.3) is 0 Å². The highest BCUT2D eigenvalue weighted by molar-refractivity contribution is 7.47. The minimum absolute atomic E-state index is 0.0516. The third kappa shape index (κ3) is 66.6. The molecule has 0 aliphatic heterocycles. The average Bonchev–Trinajstić information content (AvgIpc) is 3.48. The molecule has 0 heterocycles. The lowest BCUT2D eigenvalue weighted by molar-refractivity contribution is -0.161. The van der Waals surface area contributed by atoms with Crippen LogP contribution in [0.15, 0.2) is 72.9 Å². The maximum atomic E-state index is 12.8. The Morgan fingerprint density at radius 1 is 0.378 bits per heavy atom. The predicted molar refractivity (Wildman–Crippen MR) is 353 cm³/mol. The molecule has 0 saturated heterocycles. The van der Waals surface area contributed by atoms with E-state index in [0.717, 1.165) is 83.5 Å². The van der Waals surface area contributed by atoms with Crippen LogP contribution in [0.3, 0.4) is 0 Å². The number of ether oxygens (including phenoxy) is 2. The molecule has 82 heavy (non-hydrogen) atoms. The number of allylic oxidation sites excluding steroid dienone is 12. The van der Waals surface area contributed by atoms with Gasteiger partial charge in [0.2, 0.25) is 0 Å². The van der Waals surface area contributed by atoms with Crippen LogP contribution in [0.1, 0.15) is 341 Å². The zero-order valence-corrected chi connectivity index (χ0v) is 54.6. The molecule has 0 aromatic heterocycles. The number of nitrogens with two attached hydrogens (primary N) is 1. The quantitative estimate of drug-likeness (QED) is 0.0264. The summed E-state index contributed by atoms with van der Waals surface area (Å²) in [6.45, 7) is 3.68. The van der Waals surface area contributed by atoms with E-state index in [9.17, 15) is 19.0 Å². The largest absolute Gasteiger partial charge is 0.472 e. The summed E-state index contributed by atoms with van der Waals surface area (Å²) in [4.78, 5) is 35.4. The van der Waals surface area contributed by atoms with Crippen molar-refractivity contribution in [1.29, 1.82) is 0 Å². The number of hydrogen-bond donors (Lipinski definition) is 2. The topological polar surface area (TPSA) is 134 Å². The highest BCUT2D eigenvalue weighted by atomic mass is 31.2. The van der Waals surface area contributed by atoms with Crippen LogP contribution in [0.25, 0.3) is 0 Å². The Labute approximate surface area is 507 Å². The van der Waals surface area contributed by atoms with Crippen LogP contribution in [0.4, 0.5) is 0 Å². The first-order valence-electron chi connectivity index (χ1n) is 34.9. The second kappa shape index (κ2) is 67.6. The summed E-state index contributed by atoms with van der Waals surface area (Å²) in [5.41, 5.74) is 5.40. The highest BCUT2D eigenvalue weighted by Crippen LogP contribution is 2.43. The first-order chi connectivity index (χ1) is 40.3. The minimum Gasteiger partial charge on any atom is -0.462 e. The van der Waals surface area contributed by atoms with Crippen molar-refractivity contribution in [3.05, 3.63) is 72.9 Å². The van der Waals surface area contributed by atoms with E-state index >= 15 is 0 Å². The molecule has 2 atom stereocenters. The van der Waals surface area contributed by atoms with E-state index in [0.29, 0.717) is 6.42 Å². The Kier molecular flexibility index (Phi) is 65.5. The summed E-state index contributed by atoms with van der Waals surface area (Å²) in [6.07, 6.45) is 88.6. The summed E-state index contributed by atoms with van der Waals surface area (Å²) in [7, 11) is -4.40. The standard InChI is InChI=1S/C72H132NO8P/c1-3-5-7-9-11-13-15-17-19-21-23-25-27-29-31-33-34-35-37-38-40-42-44-46-48-50-52-54-56-58-60-62-64-71(74)78-68-70(69-80-82(76,77)79-67-66-73)81-72(75)65-63-61-59-57-55-53-51-49-47-45-43-41-39-36-32-30-28-26-24-22-20-18-16-14-12-10-8-6-4-2/h6,8,12,14,18,20,24,26,30,32,39,41,70H,3-5,7,9-11,13,15-17,19,21-23,25,27-29,31,33-38,40,42-69,73H2,1-2H3,(H,76,77)/b8-6-,14-12-,20-18-,26-24-,32-30-,41-39-. The van der Waals surface area contributed by atoms with Crippen molar-refractivity contribution in [3.8, 4) is 0 Å². The maximum absolute atomic E-state index is 12.8. The number of unbranched alkanes of at least 4 members (excludes halogenated alkanes) is 41. The SMILES string of the molecule is CC/C=C\C/C=C\C/C=C\C/C=C\C/C=C\C/C=C\CCCCCCCCCCCCC(=O)OC(COC(=O)CCCCCCCCCCCCCCCCCCCCCCCCCCCCCCCCCC)COP(=O)(O)OCCN. The lowest BCUT2D eigenvalue weighted by Gasteiger charge is -2.19. The van der Waals surface area contributed by atoms with E-state index in [-0.39, 0.29) is 38.6 Å². The van der Waals surface area contributed by atoms with Gasteiger partial charge in [-0.25, -0.2) is 4.57 Å². The third-order valence-corrected chi connectivity index (χ3v) is 16.3. The first kappa shape index (κ1) is 79.5. The fraction of sp³-hybridized carbons (Fsp3) is 0.806. The minimum atomic E-state index is -4.40. The van der Waals surface area contributed by atoms with Crippen LogP contribution < -0.4 is 5.73 Å². The number of hydrogen-bond acceptors (Lipinski definition) is 8. The molecule has 0 bridgehead atoms. The number of rotatable bonds is 66.